The minimum Gasteiger partial charge on any atom is -0.462 e. The number of aliphatic hydroxyl groups is 1. The van der Waals surface area contributed by atoms with Crippen LogP contribution in [0.3, 0.4) is 0 Å². The van der Waals surface area contributed by atoms with E-state index in [-0.39, 0.29) is 12.6 Å². The lowest BCUT2D eigenvalue weighted by Crippen LogP contribution is -2.30. The number of aliphatic hydroxyl groups excluding tert-OH is 1. The maximum Gasteiger partial charge on any atom is 0.341 e. The van der Waals surface area contributed by atoms with E-state index < -0.39 is 0 Å². The van der Waals surface area contributed by atoms with E-state index in [0.29, 0.717) is 29.8 Å². The molecular weight excluding hydrogens is 544 g/mol. The normalized spacial score (nSPS) is 16.8. The zero-order valence-electron chi connectivity index (χ0n) is 27.1. The number of anilines is 2. The van der Waals surface area contributed by atoms with Gasteiger partial charge in [0.2, 0.25) is 11.9 Å². The molecule has 2 fully saturated rings. The number of likely N-dealkylation sites (tertiary alicyclic amines) is 2. The van der Waals surface area contributed by atoms with Crippen molar-refractivity contribution in [3.63, 3.8) is 0 Å². The molecule has 0 spiro atoms. The Hall–Kier alpha value is -2.89. The highest BCUT2D eigenvalue weighted by molar-refractivity contribution is 5.90. The van der Waals surface area contributed by atoms with Gasteiger partial charge in [0, 0.05) is 36.7 Å². The van der Waals surface area contributed by atoms with Gasteiger partial charge < -0.3 is 30.3 Å². The van der Waals surface area contributed by atoms with Gasteiger partial charge in [0.25, 0.3) is 0 Å². The molecule has 0 unspecified atom stereocenters. The number of esters is 1. The Morgan fingerprint density at radius 3 is 1.79 bits per heavy atom. The van der Waals surface area contributed by atoms with Gasteiger partial charge in [-0.1, -0.05) is 0 Å². The summed E-state index contributed by atoms with van der Waals surface area (Å²) in [5, 5.41) is 15.6. The molecule has 43 heavy (non-hydrogen) atoms. The Labute approximate surface area is 258 Å². The summed E-state index contributed by atoms with van der Waals surface area (Å²) in [6.45, 7) is 12.5. The highest BCUT2D eigenvalue weighted by atomic mass is 16.5. The highest BCUT2D eigenvalue weighted by Crippen LogP contribution is 2.22. The van der Waals surface area contributed by atoms with E-state index in [9.17, 15) is 4.79 Å². The van der Waals surface area contributed by atoms with Crippen LogP contribution in [0.25, 0.3) is 0 Å². The first-order chi connectivity index (χ1) is 20.8. The fourth-order valence-corrected chi connectivity index (χ4v) is 5.58. The van der Waals surface area contributed by atoms with Gasteiger partial charge in [-0.2, -0.15) is 0 Å². The molecule has 0 atom stereocenters. The van der Waals surface area contributed by atoms with Crippen molar-refractivity contribution < 1.29 is 14.6 Å². The SMILES string of the molecule is CCOC(=O)c1cnc(NCCCC2CCN(C)CC2)nc1C.Cc1nc(NCCCC2CCN(C)CC2)ncc1CO. The average molecular weight is 599 g/mol. The van der Waals surface area contributed by atoms with E-state index in [1.54, 1.807) is 26.2 Å². The molecule has 2 aliphatic heterocycles. The molecule has 0 radical (unpaired) electrons. The number of piperidine rings is 2. The predicted molar refractivity (Wildman–Crippen MR) is 171 cm³/mol. The standard InChI is InChI=1S/C17H28N4O2.C15H26N4O/c1-4-23-16(22)15-12-19-17(20-13(15)2)18-9-5-6-14-7-10-21(3)11-8-14;1-12-14(11-20)10-17-15(18-12)16-7-3-4-13-5-8-19(2)9-6-13/h12,14H,4-11H2,1-3H3,(H,18,19,20);10,13,20H,3-9,11H2,1-2H3,(H,16,17,18). The van der Waals surface area contributed by atoms with Gasteiger partial charge >= 0.3 is 5.97 Å². The second kappa shape index (κ2) is 18.7. The van der Waals surface area contributed by atoms with E-state index >= 15 is 0 Å². The Balaban J connectivity index is 0.000000238. The minimum atomic E-state index is -0.362. The third-order valence-electron chi connectivity index (χ3n) is 8.55. The average Bonchev–Trinajstić information content (AvgIpc) is 3.00. The number of nitrogens with one attached hydrogen (secondary N) is 2. The largest absolute Gasteiger partial charge is 0.462 e. The van der Waals surface area contributed by atoms with Crippen LogP contribution in [-0.4, -0.2) is 101 Å². The van der Waals surface area contributed by atoms with Crippen molar-refractivity contribution in [2.24, 2.45) is 11.8 Å². The molecule has 4 heterocycles. The Kier molecular flexibility index (Phi) is 15.0. The van der Waals surface area contributed by atoms with E-state index in [4.69, 9.17) is 9.84 Å². The molecule has 0 aliphatic carbocycles. The predicted octanol–water partition coefficient (Wildman–Crippen LogP) is 4.31. The second-order valence-corrected chi connectivity index (χ2v) is 12.0. The van der Waals surface area contributed by atoms with Crippen molar-refractivity contribution in [3.05, 3.63) is 34.9 Å². The first kappa shape index (κ1) is 34.6. The molecule has 2 aromatic rings. The number of aryl methyl sites for hydroxylation is 2. The number of carbonyl (C=O) groups excluding carboxylic acids is 1. The number of nitrogens with zero attached hydrogens (tertiary/aromatic N) is 6. The summed E-state index contributed by atoms with van der Waals surface area (Å²) in [5.41, 5.74) is 2.72. The zero-order valence-corrected chi connectivity index (χ0v) is 27.1. The molecule has 0 bridgehead atoms. The van der Waals surface area contributed by atoms with Gasteiger partial charge in [-0.15, -0.1) is 0 Å². The Morgan fingerprint density at radius 1 is 0.860 bits per heavy atom. The van der Waals surface area contributed by atoms with Crippen LogP contribution in [0.4, 0.5) is 11.9 Å². The molecule has 2 saturated heterocycles. The lowest BCUT2D eigenvalue weighted by molar-refractivity contribution is 0.0524. The summed E-state index contributed by atoms with van der Waals surface area (Å²) in [7, 11) is 4.39. The van der Waals surface area contributed by atoms with Crippen LogP contribution in [0.5, 0.6) is 0 Å². The summed E-state index contributed by atoms with van der Waals surface area (Å²) in [6, 6.07) is 0. The van der Waals surface area contributed by atoms with E-state index in [1.165, 1.54) is 71.1 Å². The van der Waals surface area contributed by atoms with Crippen molar-refractivity contribution in [3.8, 4) is 0 Å². The maximum atomic E-state index is 11.7. The minimum absolute atomic E-state index is 0.00222. The number of hydrogen-bond donors (Lipinski definition) is 3. The Bertz CT molecular complexity index is 1100. The summed E-state index contributed by atoms with van der Waals surface area (Å²) < 4.78 is 4.98. The van der Waals surface area contributed by atoms with E-state index in [0.717, 1.165) is 42.6 Å². The molecular formula is C32H54N8O3. The molecule has 2 aliphatic rings. The lowest BCUT2D eigenvalue weighted by atomic mass is 9.92. The van der Waals surface area contributed by atoms with Crippen LogP contribution in [-0.2, 0) is 11.3 Å². The van der Waals surface area contributed by atoms with Crippen LogP contribution in [0, 0.1) is 25.7 Å². The Morgan fingerprint density at radius 2 is 1.35 bits per heavy atom. The first-order valence-electron chi connectivity index (χ1n) is 16.1. The number of rotatable bonds is 13. The fraction of sp³-hybridized carbons (Fsp3) is 0.719. The zero-order chi connectivity index (χ0) is 31.0. The van der Waals surface area contributed by atoms with Crippen LogP contribution < -0.4 is 10.6 Å². The highest BCUT2D eigenvalue weighted by Gasteiger charge is 2.17. The molecule has 3 N–H and O–H groups in total. The molecule has 240 valence electrons. The summed E-state index contributed by atoms with van der Waals surface area (Å²) in [6.07, 6.45) is 13.3. The third-order valence-corrected chi connectivity index (χ3v) is 8.55. The molecule has 11 nitrogen and oxygen atoms in total. The van der Waals surface area contributed by atoms with Crippen molar-refractivity contribution in [2.45, 2.75) is 78.7 Å². The molecule has 11 heteroatoms. The van der Waals surface area contributed by atoms with Gasteiger partial charge in [0.15, 0.2) is 0 Å². The number of carbonyl (C=O) groups is 1. The number of hydrogen-bond acceptors (Lipinski definition) is 11. The van der Waals surface area contributed by atoms with Crippen molar-refractivity contribution >= 4 is 17.9 Å². The monoisotopic (exact) mass is 598 g/mol. The van der Waals surface area contributed by atoms with E-state index in [1.807, 2.05) is 6.92 Å². The van der Waals surface area contributed by atoms with Gasteiger partial charge in [-0.3, -0.25) is 0 Å². The van der Waals surface area contributed by atoms with E-state index in [2.05, 4.69) is 54.5 Å². The van der Waals surface area contributed by atoms with Gasteiger partial charge in [-0.25, -0.2) is 24.7 Å². The first-order valence-corrected chi connectivity index (χ1v) is 16.1. The molecule has 0 amide bonds. The molecule has 0 aromatic carbocycles. The fourth-order valence-electron chi connectivity index (χ4n) is 5.58. The van der Waals surface area contributed by atoms with Crippen LogP contribution in [0.2, 0.25) is 0 Å². The topological polar surface area (TPSA) is 129 Å². The number of aromatic nitrogens is 4. The molecule has 4 rings (SSSR count). The molecule has 0 saturated carbocycles. The van der Waals surface area contributed by atoms with Crippen LogP contribution >= 0.6 is 0 Å². The summed E-state index contributed by atoms with van der Waals surface area (Å²) in [5.74, 6) is 2.62. The van der Waals surface area contributed by atoms with Crippen molar-refractivity contribution in [1.29, 1.82) is 0 Å². The van der Waals surface area contributed by atoms with Crippen LogP contribution in [0.15, 0.2) is 12.4 Å². The van der Waals surface area contributed by atoms with Gasteiger partial charge in [0.05, 0.1) is 24.5 Å². The summed E-state index contributed by atoms with van der Waals surface area (Å²) >= 11 is 0. The lowest BCUT2D eigenvalue weighted by Gasteiger charge is -2.28. The second-order valence-electron chi connectivity index (χ2n) is 12.0. The molecule has 2 aromatic heterocycles. The van der Waals surface area contributed by atoms with Crippen molar-refractivity contribution in [2.75, 3.05) is 70.6 Å². The maximum absolute atomic E-state index is 11.7. The summed E-state index contributed by atoms with van der Waals surface area (Å²) in [4.78, 5) is 33.6. The van der Waals surface area contributed by atoms with Crippen molar-refractivity contribution in [1.82, 2.24) is 29.7 Å². The van der Waals surface area contributed by atoms with Gasteiger partial charge in [-0.05, 0) is 124 Å². The van der Waals surface area contributed by atoms with Crippen LogP contribution in [0.1, 0.15) is 85.6 Å². The van der Waals surface area contributed by atoms with Gasteiger partial charge in [0.1, 0.15) is 0 Å². The third kappa shape index (κ3) is 12.3. The number of ether oxygens (including phenoxy) is 1. The quantitative estimate of drug-likeness (QED) is 0.225. The smallest absolute Gasteiger partial charge is 0.341 e.